The lowest BCUT2D eigenvalue weighted by Crippen LogP contribution is -2.20. The quantitative estimate of drug-likeness (QED) is 0.803. The first-order chi connectivity index (χ1) is 7.26. The second-order valence-electron chi connectivity index (χ2n) is 3.50. The molecule has 0 aliphatic carbocycles. The number of nitrogens with two attached hydrogens (primary N) is 2. The number of aromatic nitrogens is 1. The van der Waals surface area contributed by atoms with E-state index in [9.17, 15) is 0 Å². The highest BCUT2D eigenvalue weighted by Crippen LogP contribution is 2.25. The van der Waals surface area contributed by atoms with E-state index < -0.39 is 0 Å². The van der Waals surface area contributed by atoms with Gasteiger partial charge in [0.25, 0.3) is 0 Å². The smallest absolute Gasteiger partial charge is 0.120 e. The van der Waals surface area contributed by atoms with Crippen LogP contribution in [0.15, 0.2) is 24.4 Å². The van der Waals surface area contributed by atoms with Crippen LogP contribution in [0.1, 0.15) is 11.6 Å². The van der Waals surface area contributed by atoms with Crippen molar-refractivity contribution in [2.75, 3.05) is 13.7 Å². The molecule has 1 aromatic carbocycles. The largest absolute Gasteiger partial charge is 0.497 e. The fourth-order valence-electron chi connectivity index (χ4n) is 1.69. The van der Waals surface area contributed by atoms with Gasteiger partial charge in [0, 0.05) is 35.8 Å². The SMILES string of the molecule is COc1ccc2c(C(N)CN)c[nH]c2c1.Cl.Cl. The number of aromatic amines is 1. The summed E-state index contributed by atoms with van der Waals surface area (Å²) in [5.41, 5.74) is 13.5. The topological polar surface area (TPSA) is 77.1 Å². The molecule has 0 saturated heterocycles. The lowest BCUT2D eigenvalue weighted by molar-refractivity contribution is 0.415. The van der Waals surface area contributed by atoms with Crippen LogP contribution >= 0.6 is 24.8 Å². The van der Waals surface area contributed by atoms with Crippen LogP contribution in [0.5, 0.6) is 5.75 Å². The molecule has 1 heterocycles. The predicted octanol–water partition coefficient (Wildman–Crippen LogP) is 1.98. The maximum absolute atomic E-state index is 5.90. The van der Waals surface area contributed by atoms with Crippen LogP contribution in [0.4, 0.5) is 0 Å². The molecule has 0 radical (unpaired) electrons. The Labute approximate surface area is 113 Å². The molecule has 17 heavy (non-hydrogen) atoms. The second kappa shape index (κ2) is 6.71. The minimum atomic E-state index is -0.118. The highest BCUT2D eigenvalue weighted by molar-refractivity contribution is 5.86. The van der Waals surface area contributed by atoms with Gasteiger partial charge in [0.1, 0.15) is 5.75 Å². The van der Waals surface area contributed by atoms with E-state index in [1.165, 1.54) is 0 Å². The van der Waals surface area contributed by atoms with Gasteiger partial charge in [0.2, 0.25) is 0 Å². The summed E-state index contributed by atoms with van der Waals surface area (Å²) in [6.07, 6.45) is 1.90. The Morgan fingerprint density at radius 3 is 2.65 bits per heavy atom. The molecule has 0 saturated carbocycles. The van der Waals surface area contributed by atoms with Crippen LogP contribution in [-0.2, 0) is 0 Å². The zero-order valence-corrected chi connectivity index (χ0v) is 11.1. The van der Waals surface area contributed by atoms with Gasteiger partial charge in [-0.2, -0.15) is 0 Å². The van der Waals surface area contributed by atoms with Gasteiger partial charge in [-0.3, -0.25) is 0 Å². The van der Waals surface area contributed by atoms with Crippen molar-refractivity contribution in [3.05, 3.63) is 30.0 Å². The lowest BCUT2D eigenvalue weighted by Gasteiger charge is -2.07. The zero-order chi connectivity index (χ0) is 10.8. The molecule has 6 heteroatoms. The number of fused-ring (bicyclic) bond motifs is 1. The number of hydrogen-bond donors (Lipinski definition) is 3. The Balaban J connectivity index is 0.00000128. The Kier molecular flexibility index (Phi) is 6.34. The number of benzene rings is 1. The summed E-state index contributed by atoms with van der Waals surface area (Å²) >= 11 is 0. The lowest BCUT2D eigenvalue weighted by atomic mass is 10.1. The van der Waals surface area contributed by atoms with Gasteiger partial charge in [0.15, 0.2) is 0 Å². The number of rotatable bonds is 3. The van der Waals surface area contributed by atoms with Crippen LogP contribution in [-0.4, -0.2) is 18.6 Å². The minimum Gasteiger partial charge on any atom is -0.497 e. The van der Waals surface area contributed by atoms with E-state index >= 15 is 0 Å². The second-order valence-corrected chi connectivity index (χ2v) is 3.50. The number of nitrogens with one attached hydrogen (secondary N) is 1. The summed E-state index contributed by atoms with van der Waals surface area (Å²) in [6, 6.07) is 5.74. The maximum Gasteiger partial charge on any atom is 0.120 e. The summed E-state index contributed by atoms with van der Waals surface area (Å²) in [5.74, 6) is 0.831. The Morgan fingerprint density at radius 1 is 1.35 bits per heavy atom. The van der Waals surface area contributed by atoms with E-state index in [1.807, 2.05) is 24.4 Å². The van der Waals surface area contributed by atoms with Gasteiger partial charge in [-0.15, -0.1) is 24.8 Å². The van der Waals surface area contributed by atoms with Crippen LogP contribution in [0.3, 0.4) is 0 Å². The summed E-state index contributed by atoms with van der Waals surface area (Å²) in [7, 11) is 1.65. The number of methoxy groups -OCH3 is 1. The maximum atomic E-state index is 5.90. The van der Waals surface area contributed by atoms with Crippen molar-refractivity contribution in [2.24, 2.45) is 11.5 Å². The van der Waals surface area contributed by atoms with E-state index in [0.717, 1.165) is 22.2 Å². The van der Waals surface area contributed by atoms with Crippen molar-refractivity contribution in [2.45, 2.75) is 6.04 Å². The summed E-state index contributed by atoms with van der Waals surface area (Å²) in [5, 5.41) is 1.11. The fourth-order valence-corrected chi connectivity index (χ4v) is 1.69. The monoisotopic (exact) mass is 277 g/mol. The highest BCUT2D eigenvalue weighted by atomic mass is 35.5. The molecule has 0 aliphatic rings. The molecule has 0 aliphatic heterocycles. The molecular weight excluding hydrogens is 261 g/mol. The van der Waals surface area contributed by atoms with Gasteiger partial charge in [-0.05, 0) is 17.7 Å². The van der Waals surface area contributed by atoms with Crippen molar-refractivity contribution >= 4 is 35.7 Å². The number of hydrogen-bond acceptors (Lipinski definition) is 3. The molecule has 0 fully saturated rings. The number of ether oxygens (including phenoxy) is 1. The van der Waals surface area contributed by atoms with E-state index in [-0.39, 0.29) is 30.9 Å². The van der Waals surface area contributed by atoms with Gasteiger partial charge < -0.3 is 21.2 Å². The standard InChI is InChI=1S/C11H15N3O.2ClH/c1-15-7-2-3-8-9(10(13)5-12)6-14-11(8)4-7;;/h2-4,6,10,14H,5,12-13H2,1H3;2*1H. The summed E-state index contributed by atoms with van der Waals surface area (Å²) in [6.45, 7) is 0.443. The van der Waals surface area contributed by atoms with Crippen molar-refractivity contribution in [1.29, 1.82) is 0 Å². The third kappa shape index (κ3) is 3.04. The van der Waals surface area contributed by atoms with E-state index in [1.54, 1.807) is 7.11 Å². The van der Waals surface area contributed by atoms with E-state index in [0.29, 0.717) is 6.54 Å². The molecular formula is C11H17Cl2N3O. The van der Waals surface area contributed by atoms with Crippen molar-refractivity contribution in [3.8, 4) is 5.75 Å². The van der Waals surface area contributed by atoms with Gasteiger partial charge in [0.05, 0.1) is 7.11 Å². The van der Waals surface area contributed by atoms with Crippen molar-refractivity contribution < 1.29 is 4.74 Å². The molecule has 1 unspecified atom stereocenters. The Morgan fingerprint density at radius 2 is 2.06 bits per heavy atom. The van der Waals surface area contributed by atoms with Gasteiger partial charge >= 0.3 is 0 Å². The van der Waals surface area contributed by atoms with E-state index in [2.05, 4.69) is 4.98 Å². The number of H-pyrrole nitrogens is 1. The zero-order valence-electron chi connectivity index (χ0n) is 9.47. The molecule has 2 aromatic rings. The molecule has 0 bridgehead atoms. The average Bonchev–Trinajstić information content (AvgIpc) is 2.70. The number of halogens is 2. The molecule has 0 spiro atoms. The molecule has 0 amide bonds. The highest BCUT2D eigenvalue weighted by Gasteiger charge is 2.10. The molecule has 96 valence electrons. The Bertz CT molecular complexity index is 473. The minimum absolute atomic E-state index is 0. The summed E-state index contributed by atoms with van der Waals surface area (Å²) < 4.78 is 5.14. The van der Waals surface area contributed by atoms with E-state index in [4.69, 9.17) is 16.2 Å². The first-order valence-electron chi connectivity index (χ1n) is 4.87. The first kappa shape index (κ1) is 16.1. The first-order valence-corrected chi connectivity index (χ1v) is 4.87. The van der Waals surface area contributed by atoms with Crippen LogP contribution in [0, 0.1) is 0 Å². The fraction of sp³-hybridized carbons (Fsp3) is 0.273. The van der Waals surface area contributed by atoms with Crippen LogP contribution < -0.4 is 16.2 Å². The molecule has 5 N–H and O–H groups in total. The molecule has 2 rings (SSSR count). The van der Waals surface area contributed by atoms with Gasteiger partial charge in [-0.25, -0.2) is 0 Å². The summed E-state index contributed by atoms with van der Waals surface area (Å²) in [4.78, 5) is 3.16. The molecule has 1 atom stereocenters. The normalized spacial score (nSPS) is 11.5. The third-order valence-electron chi connectivity index (χ3n) is 2.57. The van der Waals surface area contributed by atoms with Gasteiger partial charge in [-0.1, -0.05) is 0 Å². The average molecular weight is 278 g/mol. The Hall–Kier alpha value is -0.940. The van der Waals surface area contributed by atoms with Crippen molar-refractivity contribution in [1.82, 2.24) is 4.98 Å². The third-order valence-corrected chi connectivity index (χ3v) is 2.57. The van der Waals surface area contributed by atoms with Crippen LogP contribution in [0.25, 0.3) is 10.9 Å². The van der Waals surface area contributed by atoms with Crippen LogP contribution in [0.2, 0.25) is 0 Å². The molecule has 4 nitrogen and oxygen atoms in total. The molecule has 1 aromatic heterocycles. The van der Waals surface area contributed by atoms with Crippen molar-refractivity contribution in [3.63, 3.8) is 0 Å². The predicted molar refractivity (Wildman–Crippen MR) is 75.3 cm³/mol.